The molecule has 21 heavy (non-hydrogen) atoms. The van der Waals surface area contributed by atoms with Gasteiger partial charge in [0.05, 0.1) is 5.69 Å². The van der Waals surface area contributed by atoms with Crippen molar-refractivity contribution in [2.45, 2.75) is 20.8 Å². The van der Waals surface area contributed by atoms with Gasteiger partial charge in [0.15, 0.2) is 5.84 Å². The summed E-state index contributed by atoms with van der Waals surface area (Å²) in [5.41, 5.74) is 8.84. The minimum Gasteiger partial charge on any atom is -0.409 e. The Hall–Kier alpha value is -1.75. The molecule has 0 atom stereocenters. The maximum atomic E-state index is 9.02. The van der Waals surface area contributed by atoms with Crippen molar-refractivity contribution in [1.82, 2.24) is 4.90 Å². The van der Waals surface area contributed by atoms with Crippen molar-refractivity contribution in [3.8, 4) is 0 Å². The number of rotatable bonds is 7. The first-order valence-corrected chi connectivity index (χ1v) is 7.34. The minimum absolute atomic E-state index is 0.160. The quantitative estimate of drug-likeness (QED) is 0.350. The SMILES string of the molecule is Cc1cccc(/C(N)=N/O)c1N(CCN(C)C)CC(C)C. The van der Waals surface area contributed by atoms with Crippen LogP contribution in [-0.4, -0.2) is 49.7 Å². The first-order valence-electron chi connectivity index (χ1n) is 7.34. The smallest absolute Gasteiger partial charge is 0.172 e. The number of likely N-dealkylation sites (N-methyl/N-ethyl adjacent to an activating group) is 1. The van der Waals surface area contributed by atoms with Crippen molar-refractivity contribution in [3.05, 3.63) is 29.3 Å². The highest BCUT2D eigenvalue weighted by Crippen LogP contribution is 2.26. The van der Waals surface area contributed by atoms with E-state index >= 15 is 0 Å². The summed E-state index contributed by atoms with van der Waals surface area (Å²) in [4.78, 5) is 4.49. The highest BCUT2D eigenvalue weighted by atomic mass is 16.4. The Labute approximate surface area is 128 Å². The zero-order valence-corrected chi connectivity index (χ0v) is 13.8. The van der Waals surface area contributed by atoms with E-state index in [0.29, 0.717) is 5.92 Å². The second-order valence-electron chi connectivity index (χ2n) is 6.10. The Morgan fingerprint density at radius 1 is 1.29 bits per heavy atom. The zero-order valence-electron chi connectivity index (χ0n) is 13.8. The molecule has 0 unspecified atom stereocenters. The van der Waals surface area contributed by atoms with Crippen LogP contribution in [0.2, 0.25) is 0 Å². The number of nitrogens with zero attached hydrogens (tertiary/aromatic N) is 3. The van der Waals surface area contributed by atoms with E-state index in [1.54, 1.807) is 0 Å². The summed E-state index contributed by atoms with van der Waals surface area (Å²) in [5, 5.41) is 12.2. The van der Waals surface area contributed by atoms with Crippen molar-refractivity contribution in [2.75, 3.05) is 38.6 Å². The standard InChI is InChI=1S/C16H28N4O/c1-12(2)11-20(10-9-19(4)5)15-13(3)7-6-8-14(15)16(17)18-21/h6-8,12,21H,9-11H2,1-5H3,(H2,17,18). The van der Waals surface area contributed by atoms with Gasteiger partial charge < -0.3 is 20.7 Å². The summed E-state index contributed by atoms with van der Waals surface area (Å²) in [6.45, 7) is 9.25. The van der Waals surface area contributed by atoms with Crippen molar-refractivity contribution in [2.24, 2.45) is 16.8 Å². The third-order valence-corrected chi connectivity index (χ3v) is 3.34. The van der Waals surface area contributed by atoms with Crippen molar-refractivity contribution < 1.29 is 5.21 Å². The van der Waals surface area contributed by atoms with Gasteiger partial charge in [0, 0.05) is 25.2 Å². The number of para-hydroxylation sites is 1. The Morgan fingerprint density at radius 3 is 2.48 bits per heavy atom. The van der Waals surface area contributed by atoms with Crippen LogP contribution < -0.4 is 10.6 Å². The molecule has 0 saturated carbocycles. The minimum atomic E-state index is 0.160. The third-order valence-electron chi connectivity index (χ3n) is 3.34. The molecule has 0 radical (unpaired) electrons. The first kappa shape index (κ1) is 17.3. The van der Waals surface area contributed by atoms with Gasteiger partial charge >= 0.3 is 0 Å². The molecule has 3 N–H and O–H groups in total. The number of anilines is 1. The zero-order chi connectivity index (χ0) is 16.0. The summed E-state index contributed by atoms with van der Waals surface area (Å²) < 4.78 is 0. The number of amidine groups is 1. The van der Waals surface area contributed by atoms with Crippen LogP contribution in [0.1, 0.15) is 25.0 Å². The molecular formula is C16H28N4O. The molecule has 0 heterocycles. The predicted molar refractivity (Wildman–Crippen MR) is 89.3 cm³/mol. The molecule has 0 aliphatic carbocycles. The van der Waals surface area contributed by atoms with Gasteiger partial charge in [-0.05, 0) is 38.6 Å². The van der Waals surface area contributed by atoms with Gasteiger partial charge in [0.1, 0.15) is 0 Å². The molecule has 0 bridgehead atoms. The van der Waals surface area contributed by atoms with Crippen molar-refractivity contribution in [1.29, 1.82) is 0 Å². The Bertz CT molecular complexity index is 483. The van der Waals surface area contributed by atoms with Crippen molar-refractivity contribution >= 4 is 11.5 Å². The Kier molecular flexibility index (Phi) is 6.49. The number of benzene rings is 1. The molecule has 1 aromatic rings. The molecule has 0 saturated heterocycles. The van der Waals surface area contributed by atoms with Crippen LogP contribution in [0.4, 0.5) is 5.69 Å². The van der Waals surface area contributed by atoms with Crippen LogP contribution in [0.25, 0.3) is 0 Å². The largest absolute Gasteiger partial charge is 0.409 e. The molecular weight excluding hydrogens is 264 g/mol. The molecule has 0 fully saturated rings. The van der Waals surface area contributed by atoms with Crippen LogP contribution in [0, 0.1) is 12.8 Å². The van der Waals surface area contributed by atoms with Crippen LogP contribution in [-0.2, 0) is 0 Å². The van der Waals surface area contributed by atoms with Crippen LogP contribution in [0.5, 0.6) is 0 Å². The maximum Gasteiger partial charge on any atom is 0.172 e. The molecule has 5 nitrogen and oxygen atoms in total. The summed E-state index contributed by atoms with van der Waals surface area (Å²) in [7, 11) is 4.13. The Balaban J connectivity index is 3.21. The summed E-state index contributed by atoms with van der Waals surface area (Å²) in [6, 6.07) is 5.90. The highest BCUT2D eigenvalue weighted by Gasteiger charge is 2.17. The first-order chi connectivity index (χ1) is 9.86. The fourth-order valence-electron chi connectivity index (χ4n) is 2.40. The topological polar surface area (TPSA) is 65.1 Å². The molecule has 0 aliphatic rings. The van der Waals surface area contributed by atoms with Gasteiger partial charge in [-0.1, -0.05) is 31.1 Å². The van der Waals surface area contributed by atoms with Gasteiger partial charge in [-0.2, -0.15) is 0 Å². The summed E-state index contributed by atoms with van der Waals surface area (Å²) >= 11 is 0. The van der Waals surface area contributed by atoms with E-state index in [1.165, 1.54) is 0 Å². The van der Waals surface area contributed by atoms with Gasteiger partial charge in [-0.15, -0.1) is 0 Å². The molecule has 0 amide bonds. The lowest BCUT2D eigenvalue weighted by molar-refractivity contribution is 0.318. The van der Waals surface area contributed by atoms with Gasteiger partial charge in [-0.3, -0.25) is 0 Å². The molecule has 0 spiro atoms. The van der Waals surface area contributed by atoms with E-state index in [1.807, 2.05) is 12.1 Å². The monoisotopic (exact) mass is 292 g/mol. The van der Waals surface area contributed by atoms with Gasteiger partial charge in [0.2, 0.25) is 0 Å². The molecule has 1 rings (SSSR count). The van der Waals surface area contributed by atoms with E-state index in [4.69, 9.17) is 10.9 Å². The lowest BCUT2D eigenvalue weighted by atomic mass is 10.0. The average Bonchev–Trinajstić information content (AvgIpc) is 2.42. The van der Waals surface area contributed by atoms with Crippen LogP contribution in [0.3, 0.4) is 0 Å². The van der Waals surface area contributed by atoms with Crippen LogP contribution >= 0.6 is 0 Å². The second-order valence-corrected chi connectivity index (χ2v) is 6.10. The number of hydrogen-bond acceptors (Lipinski definition) is 4. The number of nitrogens with two attached hydrogens (primary N) is 1. The Morgan fingerprint density at radius 2 is 1.95 bits per heavy atom. The maximum absolute atomic E-state index is 9.02. The number of aryl methyl sites for hydroxylation is 1. The highest BCUT2D eigenvalue weighted by molar-refractivity contribution is 6.02. The average molecular weight is 292 g/mol. The molecule has 1 aromatic carbocycles. The predicted octanol–water partition coefficient (Wildman–Crippen LogP) is 2.11. The lowest BCUT2D eigenvalue weighted by Crippen LogP contribution is -2.36. The fraction of sp³-hybridized carbons (Fsp3) is 0.562. The molecule has 0 aliphatic heterocycles. The molecule has 118 valence electrons. The van der Waals surface area contributed by atoms with E-state index in [9.17, 15) is 0 Å². The van der Waals surface area contributed by atoms with Crippen molar-refractivity contribution in [3.63, 3.8) is 0 Å². The van der Waals surface area contributed by atoms with E-state index in [0.717, 1.165) is 36.4 Å². The molecule has 0 aromatic heterocycles. The van der Waals surface area contributed by atoms with Crippen LogP contribution in [0.15, 0.2) is 23.4 Å². The van der Waals surface area contributed by atoms with E-state index in [2.05, 4.69) is 55.9 Å². The van der Waals surface area contributed by atoms with E-state index < -0.39 is 0 Å². The fourth-order valence-corrected chi connectivity index (χ4v) is 2.40. The lowest BCUT2D eigenvalue weighted by Gasteiger charge is -2.31. The van der Waals surface area contributed by atoms with E-state index in [-0.39, 0.29) is 5.84 Å². The summed E-state index contributed by atoms with van der Waals surface area (Å²) in [6.07, 6.45) is 0. The molecule has 5 heteroatoms. The van der Waals surface area contributed by atoms with Gasteiger partial charge in [0.25, 0.3) is 0 Å². The number of hydrogen-bond donors (Lipinski definition) is 2. The summed E-state index contributed by atoms with van der Waals surface area (Å²) in [5.74, 6) is 0.694. The number of oxime groups is 1. The normalized spacial score (nSPS) is 12.2. The second kappa shape index (κ2) is 7.88. The third kappa shape index (κ3) is 4.93. The van der Waals surface area contributed by atoms with Gasteiger partial charge in [-0.25, -0.2) is 0 Å².